The first-order valence-electron chi connectivity index (χ1n) is 14.1. The molecule has 0 aromatic carbocycles. The van der Waals surface area contributed by atoms with Gasteiger partial charge in [-0.1, -0.05) is 6.92 Å². The summed E-state index contributed by atoms with van der Waals surface area (Å²) in [5.41, 5.74) is 11.2. The molecular weight excluding hydrogens is 673 g/mol. The fraction of sp³-hybridized carbons (Fsp3) is 0.565. The molecule has 5 unspecified atom stereocenters. The predicted molar refractivity (Wildman–Crippen MR) is 155 cm³/mol. The summed E-state index contributed by atoms with van der Waals surface area (Å²) in [5.74, 6) is -0.173. The second-order valence-electron chi connectivity index (χ2n) is 10.7. The second-order valence-corrected chi connectivity index (χ2v) is 14.8. The molecule has 24 heteroatoms. The van der Waals surface area contributed by atoms with Crippen molar-refractivity contribution >= 4 is 49.5 Å². The van der Waals surface area contributed by atoms with Crippen molar-refractivity contribution in [1.82, 2.24) is 39.0 Å². The van der Waals surface area contributed by atoms with E-state index >= 15 is 4.39 Å². The zero-order valence-corrected chi connectivity index (χ0v) is 26.3. The molecule has 4 aromatic heterocycles. The summed E-state index contributed by atoms with van der Waals surface area (Å²) in [6, 6.07) is 0. The summed E-state index contributed by atoms with van der Waals surface area (Å²) < 4.78 is 86.3. The molecule has 3 saturated heterocycles. The Hall–Kier alpha value is -3.43. The summed E-state index contributed by atoms with van der Waals surface area (Å²) in [7, 11) is -7.72. The monoisotopic (exact) mass is 702 g/mol. The van der Waals surface area contributed by atoms with E-state index in [9.17, 15) is 19.0 Å². The quantitative estimate of drug-likeness (QED) is 0.209. The van der Waals surface area contributed by atoms with Gasteiger partial charge in [0.1, 0.15) is 42.4 Å². The maximum Gasteiger partial charge on any atom is 0.475 e. The van der Waals surface area contributed by atoms with Gasteiger partial charge in [0.25, 0.3) is 5.56 Å². The van der Waals surface area contributed by atoms with Crippen molar-refractivity contribution in [3.63, 3.8) is 0 Å². The summed E-state index contributed by atoms with van der Waals surface area (Å²) in [6.45, 7) is 0.277. The van der Waals surface area contributed by atoms with Crippen LogP contribution in [0.4, 0.5) is 16.2 Å². The zero-order valence-electron chi connectivity index (χ0n) is 24.6. The van der Waals surface area contributed by atoms with Gasteiger partial charge >= 0.3 is 15.4 Å². The Bertz CT molecular complexity index is 1980. The largest absolute Gasteiger partial charge is 0.475 e. The van der Waals surface area contributed by atoms with Crippen molar-refractivity contribution in [2.75, 3.05) is 38.0 Å². The lowest BCUT2D eigenvalue weighted by atomic mass is 10.1. The molecule has 0 saturated carbocycles. The van der Waals surface area contributed by atoms with Crippen molar-refractivity contribution < 1.29 is 50.7 Å². The lowest BCUT2D eigenvalue weighted by Gasteiger charge is -2.28. The number of nitrogens with one attached hydrogen (secondary N) is 1. The average Bonchev–Trinajstić information content (AvgIpc) is 3.81. The van der Waals surface area contributed by atoms with Crippen LogP contribution in [0.5, 0.6) is 0 Å². The minimum Gasteiger partial charge on any atom is -0.387 e. The van der Waals surface area contributed by atoms with E-state index in [1.54, 1.807) is 0 Å². The third-order valence-corrected chi connectivity index (χ3v) is 11.2. The molecule has 47 heavy (non-hydrogen) atoms. The number of nitrogen functional groups attached to an aromatic ring is 2. The number of hydrogen-bond acceptors (Lipinski definition) is 18. The number of phosphoric acid groups is 1. The molecule has 6 N–H and O–H groups in total. The number of aliphatic hydroxyl groups is 1. The minimum atomic E-state index is -4.60. The third kappa shape index (κ3) is 5.53. The Balaban J connectivity index is 1.24. The number of aromatic amines is 1. The van der Waals surface area contributed by atoms with Crippen molar-refractivity contribution in [1.29, 1.82) is 0 Å². The van der Waals surface area contributed by atoms with Crippen LogP contribution in [0.25, 0.3) is 22.3 Å². The number of nitrogens with two attached hydrogens (primary N) is 2. The summed E-state index contributed by atoms with van der Waals surface area (Å²) >= 11 is 0. The number of aromatic nitrogens is 8. The highest BCUT2D eigenvalue weighted by molar-refractivity contribution is 7.53. The van der Waals surface area contributed by atoms with E-state index in [2.05, 4.69) is 29.9 Å². The number of aliphatic hydroxyl groups excluding tert-OH is 1. The molecule has 254 valence electrons. The second kappa shape index (κ2) is 11.9. The van der Waals surface area contributed by atoms with Gasteiger partial charge < -0.3 is 30.6 Å². The van der Waals surface area contributed by atoms with E-state index in [4.69, 9.17) is 43.6 Å². The molecule has 3 fully saturated rings. The van der Waals surface area contributed by atoms with Crippen molar-refractivity contribution in [3.8, 4) is 0 Å². The van der Waals surface area contributed by atoms with Crippen LogP contribution in [0.2, 0.25) is 0 Å². The predicted octanol–water partition coefficient (Wildman–Crippen LogP) is 0.402. The SMILES string of the molecule is CC[P@@]1(=O)OC[C@H]2O[C@@H](n3cnc4c(N)ncnc43)C(F)C2OP(=O)(OC)OC[C@H]2O[C@@H](n3cnc4c(=O)[nH]c(N)nc43)C(O1)C2O. The van der Waals surface area contributed by atoms with Crippen molar-refractivity contribution in [3.05, 3.63) is 29.3 Å². The number of ether oxygens (including phenoxy) is 2. The van der Waals surface area contributed by atoms with Gasteiger partial charge in [-0.2, -0.15) is 4.98 Å². The highest BCUT2D eigenvalue weighted by Gasteiger charge is 2.54. The van der Waals surface area contributed by atoms with Crippen molar-refractivity contribution in [2.45, 2.75) is 56.1 Å². The number of imidazole rings is 2. The van der Waals surface area contributed by atoms with Gasteiger partial charge in [-0.05, 0) is 0 Å². The Morgan fingerprint density at radius 3 is 2.45 bits per heavy atom. The van der Waals surface area contributed by atoms with E-state index in [-0.39, 0.29) is 40.3 Å². The Kier molecular flexibility index (Phi) is 8.15. The number of halogens is 1. The van der Waals surface area contributed by atoms with Crippen LogP contribution in [0.3, 0.4) is 0 Å². The summed E-state index contributed by atoms with van der Waals surface area (Å²) in [4.78, 5) is 35.0. The number of alkyl halides is 1. The van der Waals surface area contributed by atoms with Crippen molar-refractivity contribution in [2.24, 2.45) is 0 Å². The topological polar surface area (TPSA) is 278 Å². The van der Waals surface area contributed by atoms with Gasteiger partial charge in [0.05, 0.1) is 25.9 Å². The van der Waals surface area contributed by atoms with Crippen LogP contribution >= 0.6 is 15.4 Å². The molecule has 21 nitrogen and oxygen atoms in total. The van der Waals surface area contributed by atoms with E-state index in [0.29, 0.717) is 0 Å². The van der Waals surface area contributed by atoms with E-state index in [0.717, 1.165) is 7.11 Å². The number of anilines is 2. The molecule has 0 spiro atoms. The van der Waals surface area contributed by atoms with E-state index in [1.165, 1.54) is 35.0 Å². The van der Waals surface area contributed by atoms with E-state index < -0.39 is 83.3 Å². The number of phosphoric ester groups is 1. The molecule has 2 bridgehead atoms. The molecule has 7 heterocycles. The molecule has 4 aromatic rings. The smallest absolute Gasteiger partial charge is 0.387 e. The fourth-order valence-electron chi connectivity index (χ4n) is 5.57. The number of fused-ring (bicyclic) bond motifs is 5. The van der Waals surface area contributed by atoms with Gasteiger partial charge in [0.2, 0.25) is 5.95 Å². The first-order valence-corrected chi connectivity index (χ1v) is 17.3. The lowest BCUT2D eigenvalue weighted by Crippen LogP contribution is -2.35. The normalized spacial score (nSPS) is 36.6. The standard InChI is InChI=1S/C23H29FN10O11P2/c1-3-46(37)40-5-10-15(11(24)21(43-10)33-7-29-12-17(25)27-6-28-18(12)33)45-47(38,39-2)41-4-9-14(35)16(44-46)22(42-9)34-8-30-13-19(34)31-23(26)32-20(13)36/h6-11,14-16,21-22,35H,3-5H2,1-2H3,(H2,25,27,28)(H3,26,31,32,36)/t9-,10-,11?,14?,15?,16?,21-,22-,46-,47?/m1/s1. The highest BCUT2D eigenvalue weighted by atomic mass is 31.2. The number of nitrogens with zero attached hydrogens (tertiary/aromatic N) is 7. The Morgan fingerprint density at radius 2 is 1.70 bits per heavy atom. The molecule has 10 atom stereocenters. The molecule has 0 aliphatic carbocycles. The number of rotatable bonds is 4. The zero-order chi connectivity index (χ0) is 33.2. The number of hydrogen-bond donors (Lipinski definition) is 4. The van der Waals surface area contributed by atoms with Gasteiger partial charge in [-0.15, -0.1) is 0 Å². The first kappa shape index (κ1) is 32.1. The number of H-pyrrole nitrogens is 1. The van der Waals surface area contributed by atoms with Crippen LogP contribution in [-0.2, 0) is 41.2 Å². The maximum absolute atomic E-state index is 16.2. The molecule has 0 amide bonds. The van der Waals surface area contributed by atoms with Crippen LogP contribution in [0.15, 0.2) is 23.8 Å². The third-order valence-electron chi connectivity index (χ3n) is 7.94. The summed E-state index contributed by atoms with van der Waals surface area (Å²) in [5, 5.41) is 11.3. The average molecular weight is 702 g/mol. The minimum absolute atomic E-state index is 0.0286. The molecule has 3 aliphatic heterocycles. The van der Waals surface area contributed by atoms with Gasteiger partial charge in [0.15, 0.2) is 41.3 Å². The fourth-order valence-corrected chi connectivity index (χ4v) is 8.06. The van der Waals surface area contributed by atoms with Gasteiger partial charge in [-0.25, -0.2) is 28.9 Å². The van der Waals surface area contributed by atoms with Crippen LogP contribution < -0.4 is 17.0 Å². The van der Waals surface area contributed by atoms with Gasteiger partial charge in [-0.3, -0.25) is 41.6 Å². The van der Waals surface area contributed by atoms with Gasteiger partial charge in [0, 0.05) is 13.3 Å². The maximum atomic E-state index is 16.2. The van der Waals surface area contributed by atoms with Crippen LogP contribution in [0.1, 0.15) is 19.4 Å². The Morgan fingerprint density at radius 1 is 1.00 bits per heavy atom. The molecule has 3 aliphatic rings. The summed E-state index contributed by atoms with van der Waals surface area (Å²) in [6.07, 6.45) is -8.75. The molecular formula is C23H29FN10O11P2. The Labute approximate surface area is 262 Å². The lowest BCUT2D eigenvalue weighted by molar-refractivity contribution is -0.0639. The van der Waals surface area contributed by atoms with E-state index in [1.807, 2.05) is 0 Å². The van der Waals surface area contributed by atoms with Crippen LogP contribution in [0, 0.1) is 0 Å². The first-order chi connectivity index (χ1) is 22.4. The highest BCUT2D eigenvalue weighted by Crippen LogP contribution is 2.57. The molecule has 0 radical (unpaired) electrons. The van der Waals surface area contributed by atoms with Crippen LogP contribution in [-0.4, -0.2) is 107 Å². The molecule has 7 rings (SSSR count).